The van der Waals surface area contributed by atoms with Crippen LogP contribution in [0.4, 0.5) is 5.69 Å². The first-order valence-electron chi connectivity index (χ1n) is 10.5. The van der Waals surface area contributed by atoms with E-state index in [9.17, 15) is 4.79 Å². The molecule has 1 fully saturated rings. The summed E-state index contributed by atoms with van der Waals surface area (Å²) >= 11 is 1.62. The molecule has 0 radical (unpaired) electrons. The van der Waals surface area contributed by atoms with Crippen LogP contribution in [0.25, 0.3) is 0 Å². The maximum atomic E-state index is 12.9. The summed E-state index contributed by atoms with van der Waals surface area (Å²) in [5.41, 5.74) is 4.93. The van der Waals surface area contributed by atoms with Gasteiger partial charge >= 0.3 is 0 Å². The van der Waals surface area contributed by atoms with Gasteiger partial charge in [0.1, 0.15) is 5.76 Å². The number of hydrogen-bond acceptors (Lipinski definition) is 6. The zero-order chi connectivity index (χ0) is 21.6. The van der Waals surface area contributed by atoms with Crippen molar-refractivity contribution in [2.75, 3.05) is 31.2 Å². The Morgan fingerprint density at radius 2 is 1.84 bits per heavy atom. The van der Waals surface area contributed by atoms with Gasteiger partial charge in [-0.15, -0.1) is 11.8 Å². The fraction of sp³-hybridized carbons (Fsp3) is 0.333. The zero-order valence-electron chi connectivity index (χ0n) is 17.9. The van der Waals surface area contributed by atoms with E-state index in [2.05, 4.69) is 39.6 Å². The highest BCUT2D eigenvalue weighted by atomic mass is 32.2. The monoisotopic (exact) mass is 437 g/mol. The number of nitrogens with one attached hydrogen (secondary N) is 1. The lowest BCUT2D eigenvalue weighted by Gasteiger charge is -2.28. The lowest BCUT2D eigenvalue weighted by atomic mass is 10.1. The third kappa shape index (κ3) is 5.29. The molecular formula is C24H27N3O3S. The molecule has 1 saturated heterocycles. The summed E-state index contributed by atoms with van der Waals surface area (Å²) in [6.45, 7) is 7.72. The van der Waals surface area contributed by atoms with Crippen molar-refractivity contribution in [3.8, 4) is 0 Å². The zero-order valence-corrected chi connectivity index (χ0v) is 18.7. The molecular weight excluding hydrogens is 410 g/mol. The molecule has 7 heteroatoms. The number of thioether (sulfide) groups is 1. The van der Waals surface area contributed by atoms with Gasteiger partial charge < -0.3 is 19.5 Å². The molecule has 1 aliphatic heterocycles. The van der Waals surface area contributed by atoms with Crippen molar-refractivity contribution >= 4 is 23.4 Å². The topological polar surface area (TPSA) is 67.6 Å². The Morgan fingerprint density at radius 3 is 2.55 bits per heavy atom. The molecule has 2 aromatic carbocycles. The second-order valence-corrected chi connectivity index (χ2v) is 8.55. The molecule has 1 N–H and O–H groups in total. The van der Waals surface area contributed by atoms with Gasteiger partial charge in [-0.2, -0.15) is 0 Å². The molecule has 1 aromatic heterocycles. The van der Waals surface area contributed by atoms with Crippen molar-refractivity contribution < 1.29 is 14.1 Å². The quantitative estimate of drug-likeness (QED) is 0.554. The Balaban J connectivity index is 1.36. The number of aryl methyl sites for hydroxylation is 2. The summed E-state index contributed by atoms with van der Waals surface area (Å²) in [5, 5.41) is 7.06. The van der Waals surface area contributed by atoms with Crippen molar-refractivity contribution in [2.24, 2.45) is 0 Å². The number of carbonyl (C=O) groups excluding carboxylic acids is 1. The second kappa shape index (κ2) is 10.0. The molecule has 1 aliphatic rings. The predicted octanol–water partition coefficient (Wildman–Crippen LogP) is 4.35. The van der Waals surface area contributed by atoms with E-state index in [1.54, 1.807) is 11.8 Å². The first-order chi connectivity index (χ1) is 15.1. The van der Waals surface area contributed by atoms with Crippen LogP contribution in [-0.2, 0) is 17.0 Å². The van der Waals surface area contributed by atoms with Gasteiger partial charge in [-0.25, -0.2) is 0 Å². The van der Waals surface area contributed by atoms with Gasteiger partial charge in [0.2, 0.25) is 0 Å². The second-order valence-electron chi connectivity index (χ2n) is 7.54. The Morgan fingerprint density at radius 1 is 1.10 bits per heavy atom. The van der Waals surface area contributed by atoms with Gasteiger partial charge in [-0.1, -0.05) is 29.4 Å². The minimum Gasteiger partial charge on any atom is -0.378 e. The summed E-state index contributed by atoms with van der Waals surface area (Å²) in [6.07, 6.45) is 0. The third-order valence-corrected chi connectivity index (χ3v) is 6.55. The molecule has 31 heavy (non-hydrogen) atoms. The van der Waals surface area contributed by atoms with Crippen LogP contribution >= 0.6 is 11.8 Å². The summed E-state index contributed by atoms with van der Waals surface area (Å²) in [7, 11) is 0. The molecule has 3 aromatic rings. The number of hydrogen-bond donors (Lipinski definition) is 1. The summed E-state index contributed by atoms with van der Waals surface area (Å²) in [5.74, 6) is 1.47. The van der Waals surface area contributed by atoms with Gasteiger partial charge in [0, 0.05) is 41.5 Å². The average Bonchev–Trinajstić information content (AvgIpc) is 3.14. The van der Waals surface area contributed by atoms with Crippen molar-refractivity contribution in [1.82, 2.24) is 10.5 Å². The van der Waals surface area contributed by atoms with Crippen LogP contribution < -0.4 is 10.2 Å². The van der Waals surface area contributed by atoms with E-state index in [4.69, 9.17) is 9.26 Å². The van der Waals surface area contributed by atoms with Crippen LogP contribution in [0.5, 0.6) is 0 Å². The van der Waals surface area contributed by atoms with E-state index in [1.807, 2.05) is 38.1 Å². The Bertz CT molecular complexity index is 1010. The van der Waals surface area contributed by atoms with E-state index in [0.717, 1.165) is 53.8 Å². The fourth-order valence-corrected chi connectivity index (χ4v) is 4.76. The van der Waals surface area contributed by atoms with E-state index in [0.29, 0.717) is 17.9 Å². The van der Waals surface area contributed by atoms with Gasteiger partial charge in [0.15, 0.2) is 0 Å². The number of ether oxygens (including phenoxy) is 1. The predicted molar refractivity (Wildman–Crippen MR) is 123 cm³/mol. The first kappa shape index (κ1) is 21.5. The molecule has 0 bridgehead atoms. The van der Waals surface area contributed by atoms with Crippen LogP contribution in [0.3, 0.4) is 0 Å². The van der Waals surface area contributed by atoms with E-state index in [-0.39, 0.29) is 5.91 Å². The highest BCUT2D eigenvalue weighted by Crippen LogP contribution is 2.29. The number of amides is 1. The smallest absolute Gasteiger partial charge is 0.252 e. The SMILES string of the molecule is Cc1noc(C)c1CSc1ccccc1C(=O)NCc1ccc(N2CCOCC2)cc1. The number of carbonyl (C=O) groups is 1. The molecule has 0 atom stereocenters. The highest BCUT2D eigenvalue weighted by molar-refractivity contribution is 7.98. The van der Waals surface area contributed by atoms with Crippen LogP contribution in [0.2, 0.25) is 0 Å². The normalized spacial score (nSPS) is 13.9. The number of anilines is 1. The van der Waals surface area contributed by atoms with Crippen LogP contribution in [0.15, 0.2) is 57.9 Å². The van der Waals surface area contributed by atoms with Gasteiger partial charge in [-0.3, -0.25) is 4.79 Å². The maximum absolute atomic E-state index is 12.9. The van der Waals surface area contributed by atoms with E-state index >= 15 is 0 Å². The lowest BCUT2D eigenvalue weighted by Crippen LogP contribution is -2.36. The number of morpholine rings is 1. The molecule has 6 nitrogen and oxygen atoms in total. The maximum Gasteiger partial charge on any atom is 0.252 e. The largest absolute Gasteiger partial charge is 0.378 e. The minimum atomic E-state index is -0.0703. The molecule has 0 unspecified atom stereocenters. The van der Waals surface area contributed by atoms with Crippen molar-refractivity contribution in [1.29, 1.82) is 0 Å². The summed E-state index contributed by atoms with van der Waals surface area (Å²) in [4.78, 5) is 16.1. The lowest BCUT2D eigenvalue weighted by molar-refractivity contribution is 0.0948. The van der Waals surface area contributed by atoms with Crippen LogP contribution in [0, 0.1) is 13.8 Å². The Hall–Kier alpha value is -2.77. The minimum absolute atomic E-state index is 0.0703. The van der Waals surface area contributed by atoms with Crippen LogP contribution in [-0.4, -0.2) is 37.4 Å². The summed E-state index contributed by atoms with van der Waals surface area (Å²) < 4.78 is 10.7. The molecule has 4 rings (SSSR count). The van der Waals surface area contributed by atoms with Crippen molar-refractivity contribution in [3.63, 3.8) is 0 Å². The molecule has 0 aliphatic carbocycles. The number of rotatable bonds is 7. The number of benzene rings is 2. The molecule has 2 heterocycles. The Labute approximate surface area is 186 Å². The van der Waals surface area contributed by atoms with Gasteiger partial charge in [0.25, 0.3) is 5.91 Å². The Kier molecular flexibility index (Phi) is 6.94. The third-order valence-electron chi connectivity index (χ3n) is 5.45. The van der Waals surface area contributed by atoms with E-state index < -0.39 is 0 Å². The van der Waals surface area contributed by atoms with Gasteiger partial charge in [-0.05, 0) is 43.7 Å². The first-order valence-corrected chi connectivity index (χ1v) is 11.4. The highest BCUT2D eigenvalue weighted by Gasteiger charge is 2.15. The van der Waals surface area contributed by atoms with Gasteiger partial charge in [0.05, 0.1) is 24.5 Å². The van der Waals surface area contributed by atoms with Crippen molar-refractivity contribution in [3.05, 3.63) is 76.7 Å². The average molecular weight is 438 g/mol. The molecule has 1 amide bonds. The molecule has 0 saturated carbocycles. The molecule has 0 spiro atoms. The van der Waals surface area contributed by atoms with Crippen molar-refractivity contribution in [2.45, 2.75) is 31.0 Å². The number of nitrogens with zero attached hydrogens (tertiary/aromatic N) is 2. The fourth-order valence-electron chi connectivity index (χ4n) is 3.56. The van der Waals surface area contributed by atoms with E-state index in [1.165, 1.54) is 5.69 Å². The van der Waals surface area contributed by atoms with Crippen LogP contribution in [0.1, 0.15) is 32.9 Å². The number of aromatic nitrogens is 1. The standard InChI is InChI=1S/C24H27N3O3S/c1-17-22(18(2)30-26-17)16-31-23-6-4-3-5-21(23)24(28)25-15-19-7-9-20(10-8-19)27-11-13-29-14-12-27/h3-10H,11-16H2,1-2H3,(H,25,28). The summed E-state index contributed by atoms with van der Waals surface area (Å²) in [6, 6.07) is 16.1. The molecule has 162 valence electrons.